The number of rotatable bonds is 5. The Morgan fingerprint density at radius 2 is 2.23 bits per heavy atom. The zero-order chi connectivity index (χ0) is 15.5. The van der Waals surface area contributed by atoms with E-state index in [0.717, 1.165) is 6.42 Å². The van der Waals surface area contributed by atoms with E-state index in [9.17, 15) is 4.79 Å². The molecule has 1 saturated carbocycles. The molecule has 1 aromatic carbocycles. The zero-order valence-electron chi connectivity index (χ0n) is 11.8. The van der Waals surface area contributed by atoms with Crippen LogP contribution < -0.4 is 10.2 Å². The van der Waals surface area contributed by atoms with Crippen molar-refractivity contribution in [3.63, 3.8) is 0 Å². The SMILES string of the molecule is O=C(COc1ccc(Cl)cc1Cl)N/N=C/C1CC2C=CC1C2. The highest BCUT2D eigenvalue weighted by Gasteiger charge is 2.34. The van der Waals surface area contributed by atoms with Gasteiger partial charge in [0.1, 0.15) is 5.75 Å². The first-order valence-corrected chi connectivity index (χ1v) is 7.95. The highest BCUT2D eigenvalue weighted by molar-refractivity contribution is 6.35. The number of halogens is 2. The maximum Gasteiger partial charge on any atom is 0.277 e. The Kier molecular flexibility index (Phi) is 4.69. The van der Waals surface area contributed by atoms with Crippen LogP contribution in [0.15, 0.2) is 35.5 Å². The lowest BCUT2D eigenvalue weighted by Crippen LogP contribution is -2.25. The second kappa shape index (κ2) is 6.71. The summed E-state index contributed by atoms with van der Waals surface area (Å²) in [6, 6.07) is 4.85. The number of nitrogens with one attached hydrogen (secondary N) is 1. The van der Waals surface area contributed by atoms with Crippen molar-refractivity contribution in [2.24, 2.45) is 22.9 Å². The molecule has 6 heteroatoms. The molecule has 0 saturated heterocycles. The standard InChI is InChI=1S/C16H16Cl2N2O2/c17-13-3-4-15(14(18)7-13)22-9-16(21)20-19-8-12-6-10-1-2-11(12)5-10/h1-4,7-8,10-12H,5-6,9H2,(H,20,21)/b19-8+. The average molecular weight is 339 g/mol. The maximum absolute atomic E-state index is 11.7. The summed E-state index contributed by atoms with van der Waals surface area (Å²) < 4.78 is 5.34. The van der Waals surface area contributed by atoms with Crippen molar-refractivity contribution < 1.29 is 9.53 Å². The topological polar surface area (TPSA) is 50.7 Å². The molecule has 3 unspecified atom stereocenters. The van der Waals surface area contributed by atoms with Crippen LogP contribution >= 0.6 is 23.2 Å². The number of allylic oxidation sites excluding steroid dienone is 2. The predicted octanol–water partition coefficient (Wildman–Crippen LogP) is 3.69. The summed E-state index contributed by atoms with van der Waals surface area (Å²) in [6.45, 7) is -0.144. The first kappa shape index (κ1) is 15.4. The molecule has 22 heavy (non-hydrogen) atoms. The van der Waals surface area contributed by atoms with Gasteiger partial charge in [0.25, 0.3) is 5.91 Å². The minimum absolute atomic E-state index is 0.144. The summed E-state index contributed by atoms with van der Waals surface area (Å²) >= 11 is 11.8. The van der Waals surface area contributed by atoms with Gasteiger partial charge in [-0.05, 0) is 42.9 Å². The molecule has 0 radical (unpaired) electrons. The summed E-state index contributed by atoms with van der Waals surface area (Å²) in [5.41, 5.74) is 2.48. The van der Waals surface area contributed by atoms with Crippen molar-refractivity contribution >= 4 is 35.3 Å². The van der Waals surface area contributed by atoms with Gasteiger partial charge in [-0.15, -0.1) is 0 Å². The number of carbonyl (C=O) groups excluding carboxylic acids is 1. The largest absolute Gasteiger partial charge is 0.482 e. The van der Waals surface area contributed by atoms with Crippen LogP contribution in [0, 0.1) is 17.8 Å². The van der Waals surface area contributed by atoms with Crippen LogP contribution in [0.2, 0.25) is 10.0 Å². The second-order valence-electron chi connectivity index (χ2n) is 5.62. The Morgan fingerprint density at radius 1 is 1.36 bits per heavy atom. The quantitative estimate of drug-likeness (QED) is 0.505. The number of ether oxygens (including phenoxy) is 1. The molecule has 3 rings (SSSR count). The average Bonchev–Trinajstić information content (AvgIpc) is 3.09. The summed E-state index contributed by atoms with van der Waals surface area (Å²) in [5, 5.41) is 4.92. The number of carbonyl (C=O) groups is 1. The van der Waals surface area contributed by atoms with Crippen molar-refractivity contribution in [3.05, 3.63) is 40.4 Å². The fraction of sp³-hybridized carbons (Fsp3) is 0.375. The van der Waals surface area contributed by atoms with E-state index in [1.54, 1.807) is 18.2 Å². The Hall–Kier alpha value is -1.52. The molecule has 116 valence electrons. The van der Waals surface area contributed by atoms with Crippen LogP contribution in [0.25, 0.3) is 0 Å². The molecule has 4 nitrogen and oxygen atoms in total. The van der Waals surface area contributed by atoms with E-state index < -0.39 is 0 Å². The van der Waals surface area contributed by atoms with Crippen LogP contribution in [0.3, 0.4) is 0 Å². The van der Waals surface area contributed by atoms with Gasteiger partial charge in [-0.3, -0.25) is 4.79 Å². The van der Waals surface area contributed by atoms with E-state index in [2.05, 4.69) is 22.7 Å². The van der Waals surface area contributed by atoms with E-state index >= 15 is 0 Å². The van der Waals surface area contributed by atoms with Crippen molar-refractivity contribution in [2.75, 3.05) is 6.61 Å². The Balaban J connectivity index is 1.44. The fourth-order valence-electron chi connectivity index (χ4n) is 2.97. The van der Waals surface area contributed by atoms with E-state index in [0.29, 0.717) is 33.5 Å². The second-order valence-corrected chi connectivity index (χ2v) is 6.46. The van der Waals surface area contributed by atoms with Crippen molar-refractivity contribution in [3.8, 4) is 5.75 Å². The van der Waals surface area contributed by atoms with E-state index in [1.165, 1.54) is 6.42 Å². The van der Waals surface area contributed by atoms with Gasteiger partial charge in [-0.25, -0.2) is 5.43 Å². The predicted molar refractivity (Wildman–Crippen MR) is 87.4 cm³/mol. The smallest absolute Gasteiger partial charge is 0.277 e. The maximum atomic E-state index is 11.7. The first-order chi connectivity index (χ1) is 10.6. The van der Waals surface area contributed by atoms with Crippen LogP contribution in [0.5, 0.6) is 5.75 Å². The molecule has 1 aromatic rings. The van der Waals surface area contributed by atoms with Crippen molar-refractivity contribution in [1.82, 2.24) is 5.43 Å². The van der Waals surface area contributed by atoms with Gasteiger partial charge in [-0.1, -0.05) is 35.4 Å². The van der Waals surface area contributed by atoms with E-state index in [1.807, 2.05) is 6.21 Å². The highest BCUT2D eigenvalue weighted by atomic mass is 35.5. The number of amides is 1. The molecule has 3 atom stereocenters. The van der Waals surface area contributed by atoms with Crippen LogP contribution in [0.4, 0.5) is 0 Å². The zero-order valence-corrected chi connectivity index (χ0v) is 13.3. The Bertz CT molecular complexity index is 631. The van der Waals surface area contributed by atoms with Gasteiger partial charge in [0.15, 0.2) is 6.61 Å². The minimum Gasteiger partial charge on any atom is -0.482 e. The lowest BCUT2D eigenvalue weighted by molar-refractivity contribution is -0.123. The molecule has 1 fully saturated rings. The van der Waals surface area contributed by atoms with E-state index in [4.69, 9.17) is 27.9 Å². The molecule has 0 aromatic heterocycles. The molecule has 2 aliphatic rings. The van der Waals surface area contributed by atoms with Gasteiger partial charge < -0.3 is 4.74 Å². The van der Waals surface area contributed by atoms with Gasteiger partial charge >= 0.3 is 0 Å². The molecular formula is C16H16Cl2N2O2. The van der Waals surface area contributed by atoms with Crippen LogP contribution in [-0.2, 0) is 4.79 Å². The number of hydrogen-bond donors (Lipinski definition) is 1. The highest BCUT2D eigenvalue weighted by Crippen LogP contribution is 2.42. The summed E-state index contributed by atoms with van der Waals surface area (Å²) in [6.07, 6.45) is 8.69. The molecule has 0 spiro atoms. The van der Waals surface area contributed by atoms with Crippen molar-refractivity contribution in [2.45, 2.75) is 12.8 Å². The lowest BCUT2D eigenvalue weighted by atomic mass is 9.95. The fourth-order valence-corrected chi connectivity index (χ4v) is 3.43. The molecule has 0 heterocycles. The molecule has 2 bridgehead atoms. The number of nitrogens with zero attached hydrogens (tertiary/aromatic N) is 1. The number of hydrazone groups is 1. The normalized spacial score (nSPS) is 25.8. The third-order valence-electron chi connectivity index (χ3n) is 4.04. The number of benzene rings is 1. The number of hydrogen-bond acceptors (Lipinski definition) is 3. The molecule has 0 aliphatic heterocycles. The molecule has 1 amide bonds. The third-order valence-corrected chi connectivity index (χ3v) is 4.57. The van der Waals surface area contributed by atoms with Gasteiger partial charge in [-0.2, -0.15) is 5.10 Å². The van der Waals surface area contributed by atoms with Gasteiger partial charge in [0, 0.05) is 17.2 Å². The molecular weight excluding hydrogens is 323 g/mol. The van der Waals surface area contributed by atoms with E-state index in [-0.39, 0.29) is 12.5 Å². The van der Waals surface area contributed by atoms with Crippen LogP contribution in [-0.4, -0.2) is 18.7 Å². The minimum atomic E-state index is -0.319. The Labute approximate surface area is 139 Å². The summed E-state index contributed by atoms with van der Waals surface area (Å²) in [4.78, 5) is 11.7. The van der Waals surface area contributed by atoms with Gasteiger partial charge in [0.2, 0.25) is 0 Å². The third kappa shape index (κ3) is 3.62. The Morgan fingerprint density at radius 3 is 2.91 bits per heavy atom. The van der Waals surface area contributed by atoms with Crippen molar-refractivity contribution in [1.29, 1.82) is 0 Å². The summed E-state index contributed by atoms with van der Waals surface area (Å²) in [5.74, 6) is 1.80. The first-order valence-electron chi connectivity index (χ1n) is 7.20. The molecule has 1 N–H and O–H groups in total. The van der Waals surface area contributed by atoms with Gasteiger partial charge in [0.05, 0.1) is 5.02 Å². The lowest BCUT2D eigenvalue weighted by Gasteiger charge is -2.12. The van der Waals surface area contributed by atoms with Crippen LogP contribution in [0.1, 0.15) is 12.8 Å². The number of fused-ring (bicyclic) bond motifs is 2. The monoisotopic (exact) mass is 338 g/mol. The molecule has 2 aliphatic carbocycles. The summed E-state index contributed by atoms with van der Waals surface area (Å²) in [7, 11) is 0.